The Morgan fingerprint density at radius 3 is 3.00 bits per heavy atom. The zero-order chi connectivity index (χ0) is 13.8. The van der Waals surface area contributed by atoms with Gasteiger partial charge in [0.05, 0.1) is 12.6 Å². The smallest absolute Gasteiger partial charge is 0.328 e. The highest BCUT2D eigenvalue weighted by molar-refractivity contribution is 7.10. The number of thiophene rings is 1. The highest BCUT2D eigenvalue weighted by atomic mass is 32.1. The zero-order valence-electron chi connectivity index (χ0n) is 10.3. The van der Waals surface area contributed by atoms with Gasteiger partial charge in [-0.05, 0) is 36.3 Å². The Labute approximate surface area is 114 Å². The number of carboxylic acid groups (broad SMARTS) is 1. The van der Waals surface area contributed by atoms with Crippen molar-refractivity contribution in [1.29, 1.82) is 0 Å². The number of aliphatic hydroxyl groups excluding tert-OH is 1. The van der Waals surface area contributed by atoms with Crippen molar-refractivity contribution in [3.63, 3.8) is 0 Å². The first-order valence-corrected chi connectivity index (χ1v) is 6.96. The van der Waals surface area contributed by atoms with Crippen LogP contribution in [-0.2, 0) is 11.2 Å². The van der Waals surface area contributed by atoms with Gasteiger partial charge in [0.2, 0.25) is 0 Å². The Morgan fingerprint density at radius 1 is 1.53 bits per heavy atom. The molecule has 0 saturated heterocycles. The number of fused-ring (bicyclic) bond motifs is 1. The van der Waals surface area contributed by atoms with Crippen molar-refractivity contribution in [2.45, 2.75) is 31.3 Å². The largest absolute Gasteiger partial charge is 0.480 e. The second-order valence-electron chi connectivity index (χ2n) is 4.44. The summed E-state index contributed by atoms with van der Waals surface area (Å²) >= 11 is 1.67. The third-order valence-corrected chi connectivity index (χ3v) is 4.14. The van der Waals surface area contributed by atoms with E-state index < -0.39 is 24.6 Å². The fourth-order valence-electron chi connectivity index (χ4n) is 2.18. The molecule has 0 saturated carbocycles. The maximum atomic E-state index is 11.7. The molecule has 104 valence electrons. The molecular formula is C12H16N2O4S. The molecule has 2 amide bonds. The summed E-state index contributed by atoms with van der Waals surface area (Å²) in [6.45, 7) is -0.628. The van der Waals surface area contributed by atoms with E-state index in [9.17, 15) is 9.59 Å². The van der Waals surface area contributed by atoms with Gasteiger partial charge in [0.1, 0.15) is 0 Å². The van der Waals surface area contributed by atoms with Gasteiger partial charge in [-0.1, -0.05) is 0 Å². The average molecular weight is 284 g/mol. The molecule has 2 atom stereocenters. The van der Waals surface area contributed by atoms with E-state index in [1.54, 1.807) is 11.3 Å². The molecule has 0 spiro atoms. The van der Waals surface area contributed by atoms with Crippen LogP contribution in [0.5, 0.6) is 0 Å². The number of carbonyl (C=O) groups excluding carboxylic acids is 1. The molecule has 0 aliphatic heterocycles. The number of nitrogens with one attached hydrogen (secondary N) is 2. The normalized spacial score (nSPS) is 19.3. The summed E-state index contributed by atoms with van der Waals surface area (Å²) in [4.78, 5) is 23.7. The molecule has 7 heteroatoms. The summed E-state index contributed by atoms with van der Waals surface area (Å²) in [5.74, 6) is -1.25. The van der Waals surface area contributed by atoms with Crippen LogP contribution in [0.3, 0.4) is 0 Å². The number of rotatable bonds is 4. The maximum Gasteiger partial charge on any atom is 0.328 e. The van der Waals surface area contributed by atoms with Gasteiger partial charge in [0.25, 0.3) is 0 Å². The number of amides is 2. The minimum Gasteiger partial charge on any atom is -0.480 e. The van der Waals surface area contributed by atoms with E-state index in [0.717, 1.165) is 24.8 Å². The zero-order valence-corrected chi connectivity index (χ0v) is 11.1. The van der Waals surface area contributed by atoms with Crippen LogP contribution in [0.4, 0.5) is 4.79 Å². The predicted octanol–water partition coefficient (Wildman–Crippen LogP) is 0.870. The van der Waals surface area contributed by atoms with E-state index in [-0.39, 0.29) is 6.04 Å². The third-order valence-electron chi connectivity index (χ3n) is 3.14. The maximum absolute atomic E-state index is 11.7. The molecule has 1 aromatic heterocycles. The van der Waals surface area contributed by atoms with Crippen LogP contribution in [0.15, 0.2) is 11.4 Å². The monoisotopic (exact) mass is 284 g/mol. The van der Waals surface area contributed by atoms with Crippen molar-refractivity contribution >= 4 is 23.3 Å². The quantitative estimate of drug-likeness (QED) is 0.659. The van der Waals surface area contributed by atoms with E-state index in [0.29, 0.717) is 0 Å². The lowest BCUT2D eigenvalue weighted by Gasteiger charge is -2.24. The van der Waals surface area contributed by atoms with Crippen molar-refractivity contribution in [3.8, 4) is 0 Å². The van der Waals surface area contributed by atoms with E-state index in [2.05, 4.69) is 10.6 Å². The summed E-state index contributed by atoms with van der Waals surface area (Å²) in [6, 6.07) is 0.0735. The fourth-order valence-corrected chi connectivity index (χ4v) is 3.17. The first kappa shape index (κ1) is 13.8. The van der Waals surface area contributed by atoms with Gasteiger partial charge in [0.15, 0.2) is 6.04 Å². The molecule has 0 bridgehead atoms. The fraction of sp³-hybridized carbons (Fsp3) is 0.500. The van der Waals surface area contributed by atoms with Crippen molar-refractivity contribution < 1.29 is 19.8 Å². The minimum atomic E-state index is -1.27. The van der Waals surface area contributed by atoms with Crippen molar-refractivity contribution in [2.24, 2.45) is 0 Å². The van der Waals surface area contributed by atoms with Gasteiger partial charge < -0.3 is 20.8 Å². The number of urea groups is 1. The van der Waals surface area contributed by atoms with Crippen molar-refractivity contribution in [2.75, 3.05) is 6.61 Å². The number of carboxylic acids is 1. The van der Waals surface area contributed by atoms with E-state index >= 15 is 0 Å². The van der Waals surface area contributed by atoms with Crippen molar-refractivity contribution in [1.82, 2.24) is 10.6 Å². The molecule has 1 aliphatic rings. The Balaban J connectivity index is 1.95. The number of hydrogen-bond donors (Lipinski definition) is 4. The lowest BCUT2D eigenvalue weighted by atomic mass is 9.94. The van der Waals surface area contributed by atoms with Gasteiger partial charge in [-0.3, -0.25) is 0 Å². The molecule has 1 aliphatic carbocycles. The highest BCUT2D eigenvalue weighted by Crippen LogP contribution is 2.33. The van der Waals surface area contributed by atoms with Gasteiger partial charge in [-0.25, -0.2) is 9.59 Å². The third kappa shape index (κ3) is 3.24. The van der Waals surface area contributed by atoms with Crippen LogP contribution in [0.25, 0.3) is 0 Å². The predicted molar refractivity (Wildman–Crippen MR) is 70.2 cm³/mol. The molecule has 19 heavy (non-hydrogen) atoms. The average Bonchev–Trinajstić information content (AvgIpc) is 2.85. The standard InChI is InChI=1S/C12H16N2O4S/c15-6-9(11(16)17)14-12(18)13-8-2-1-3-10-7(8)4-5-19-10/h4-5,8-9,15H,1-3,6H2,(H,16,17)(H2,13,14,18). The van der Waals surface area contributed by atoms with E-state index in [1.807, 2.05) is 11.4 Å². The number of carbonyl (C=O) groups is 2. The molecule has 2 unspecified atom stereocenters. The van der Waals surface area contributed by atoms with Crippen LogP contribution < -0.4 is 10.6 Å². The number of aliphatic hydroxyl groups is 1. The SMILES string of the molecule is O=C(NC(CO)C(=O)O)NC1CCCc2sccc21. The number of aliphatic carboxylic acids is 1. The Morgan fingerprint density at radius 2 is 2.32 bits per heavy atom. The van der Waals surface area contributed by atoms with Crippen LogP contribution in [0.2, 0.25) is 0 Å². The lowest BCUT2D eigenvalue weighted by molar-refractivity contribution is -0.140. The summed E-state index contributed by atoms with van der Waals surface area (Å²) < 4.78 is 0. The molecule has 6 nitrogen and oxygen atoms in total. The van der Waals surface area contributed by atoms with E-state index in [4.69, 9.17) is 10.2 Å². The van der Waals surface area contributed by atoms with Crippen LogP contribution >= 0.6 is 11.3 Å². The Bertz CT molecular complexity index is 474. The summed E-state index contributed by atoms with van der Waals surface area (Å²) in [7, 11) is 0. The molecule has 1 heterocycles. The highest BCUT2D eigenvalue weighted by Gasteiger charge is 2.24. The Kier molecular flexibility index (Phi) is 4.39. The molecule has 0 radical (unpaired) electrons. The van der Waals surface area contributed by atoms with Gasteiger partial charge in [-0.15, -0.1) is 11.3 Å². The summed E-state index contributed by atoms with van der Waals surface area (Å²) in [6.07, 6.45) is 2.87. The molecule has 0 aromatic carbocycles. The minimum absolute atomic E-state index is 0.0804. The first-order chi connectivity index (χ1) is 9.11. The molecule has 0 fully saturated rings. The van der Waals surface area contributed by atoms with Crippen LogP contribution in [0.1, 0.15) is 29.3 Å². The second-order valence-corrected chi connectivity index (χ2v) is 5.44. The molecular weight excluding hydrogens is 268 g/mol. The summed E-state index contributed by atoms with van der Waals surface area (Å²) in [5, 5.41) is 24.6. The Hall–Kier alpha value is -1.60. The first-order valence-electron chi connectivity index (χ1n) is 6.08. The molecule has 4 N–H and O–H groups in total. The van der Waals surface area contributed by atoms with Gasteiger partial charge in [-0.2, -0.15) is 0 Å². The lowest BCUT2D eigenvalue weighted by Crippen LogP contribution is -2.48. The topological polar surface area (TPSA) is 98.7 Å². The van der Waals surface area contributed by atoms with Gasteiger partial charge >= 0.3 is 12.0 Å². The second kappa shape index (κ2) is 6.03. The van der Waals surface area contributed by atoms with Crippen molar-refractivity contribution in [3.05, 3.63) is 21.9 Å². The van der Waals surface area contributed by atoms with Gasteiger partial charge in [0, 0.05) is 4.88 Å². The number of aryl methyl sites for hydroxylation is 1. The summed E-state index contributed by atoms with van der Waals surface area (Å²) in [5.41, 5.74) is 1.11. The molecule has 1 aromatic rings. The van der Waals surface area contributed by atoms with Crippen LogP contribution in [-0.4, -0.2) is 34.9 Å². The van der Waals surface area contributed by atoms with Crippen LogP contribution in [0, 0.1) is 0 Å². The molecule has 2 rings (SSSR count). The number of hydrogen-bond acceptors (Lipinski definition) is 4. The van der Waals surface area contributed by atoms with E-state index in [1.165, 1.54) is 4.88 Å².